The average Bonchev–Trinajstić information content (AvgIpc) is 2.29. The monoisotopic (exact) mass is 260 g/mol. The molecule has 6 heteroatoms. The van der Waals surface area contributed by atoms with Crippen LogP contribution in [0, 0.1) is 0 Å². The van der Waals surface area contributed by atoms with E-state index in [0.29, 0.717) is 0 Å². The quantitative estimate of drug-likeness (QED) is 0.888. The smallest absolute Gasteiger partial charge is 0.406 e. The van der Waals surface area contributed by atoms with Gasteiger partial charge in [0.2, 0.25) is 0 Å². The number of rotatable bonds is 2. The number of nitrogens with zero attached hydrogens (tertiary/aromatic N) is 1. The molecule has 0 atom stereocenters. The van der Waals surface area contributed by atoms with E-state index in [2.05, 4.69) is 9.64 Å². The Morgan fingerprint density at radius 1 is 1.11 bits per heavy atom. The maximum absolute atomic E-state index is 12.0. The van der Waals surface area contributed by atoms with Crippen molar-refractivity contribution in [2.75, 3.05) is 18.0 Å². The fourth-order valence-corrected chi connectivity index (χ4v) is 2.02. The van der Waals surface area contributed by atoms with Gasteiger partial charge in [-0.05, 0) is 37.1 Å². The first-order valence-corrected chi connectivity index (χ1v) is 5.80. The van der Waals surface area contributed by atoms with Gasteiger partial charge in [0.25, 0.3) is 0 Å². The van der Waals surface area contributed by atoms with E-state index in [1.54, 1.807) is 12.1 Å². The van der Waals surface area contributed by atoms with Crippen molar-refractivity contribution in [2.24, 2.45) is 5.73 Å². The minimum absolute atomic E-state index is 0.194. The summed E-state index contributed by atoms with van der Waals surface area (Å²) < 4.78 is 39.8. The van der Waals surface area contributed by atoms with Crippen molar-refractivity contribution in [3.8, 4) is 5.75 Å². The van der Waals surface area contributed by atoms with E-state index >= 15 is 0 Å². The Hall–Kier alpha value is -1.43. The zero-order valence-electron chi connectivity index (χ0n) is 9.78. The van der Waals surface area contributed by atoms with Gasteiger partial charge in [0.05, 0.1) is 0 Å². The second kappa shape index (κ2) is 5.06. The van der Waals surface area contributed by atoms with E-state index in [0.717, 1.165) is 31.6 Å². The van der Waals surface area contributed by atoms with Crippen LogP contribution in [-0.4, -0.2) is 25.5 Å². The van der Waals surface area contributed by atoms with Gasteiger partial charge in [-0.3, -0.25) is 0 Å². The molecule has 1 fully saturated rings. The molecule has 0 unspecified atom stereocenters. The van der Waals surface area contributed by atoms with E-state index in [9.17, 15) is 13.2 Å². The fourth-order valence-electron chi connectivity index (χ4n) is 2.02. The lowest BCUT2D eigenvalue weighted by Crippen LogP contribution is -2.39. The second-order valence-corrected chi connectivity index (χ2v) is 4.37. The summed E-state index contributed by atoms with van der Waals surface area (Å²) in [5.74, 6) is -0.194. The summed E-state index contributed by atoms with van der Waals surface area (Å²) in [6.07, 6.45) is -2.83. The molecule has 0 aromatic heterocycles. The summed E-state index contributed by atoms with van der Waals surface area (Å²) in [5.41, 5.74) is 6.70. The second-order valence-electron chi connectivity index (χ2n) is 4.37. The minimum atomic E-state index is -4.64. The summed E-state index contributed by atoms with van der Waals surface area (Å²) in [4.78, 5) is 2.11. The molecule has 0 spiro atoms. The van der Waals surface area contributed by atoms with Crippen molar-refractivity contribution in [2.45, 2.75) is 25.2 Å². The van der Waals surface area contributed by atoms with Gasteiger partial charge >= 0.3 is 6.36 Å². The number of halogens is 3. The molecule has 1 aromatic rings. The summed E-state index contributed by atoms with van der Waals surface area (Å²) >= 11 is 0. The molecule has 1 heterocycles. The van der Waals surface area contributed by atoms with Crippen LogP contribution in [0.25, 0.3) is 0 Å². The maximum atomic E-state index is 12.0. The molecule has 0 amide bonds. The fraction of sp³-hybridized carbons (Fsp3) is 0.500. The SMILES string of the molecule is NC1CCN(c2ccc(OC(F)(F)F)cc2)CC1. The van der Waals surface area contributed by atoms with Crippen LogP contribution in [0.5, 0.6) is 5.75 Å². The predicted octanol–water partition coefficient (Wildman–Crippen LogP) is 2.51. The lowest BCUT2D eigenvalue weighted by Gasteiger charge is -2.32. The number of ether oxygens (including phenoxy) is 1. The molecular formula is C12H15F3N2O. The number of piperidine rings is 1. The average molecular weight is 260 g/mol. The Kier molecular flexibility index (Phi) is 3.65. The molecule has 1 aliphatic rings. The first-order valence-electron chi connectivity index (χ1n) is 5.80. The lowest BCUT2D eigenvalue weighted by molar-refractivity contribution is -0.274. The van der Waals surface area contributed by atoms with Crippen LogP contribution in [-0.2, 0) is 0 Å². The lowest BCUT2D eigenvalue weighted by atomic mass is 10.1. The van der Waals surface area contributed by atoms with Gasteiger partial charge in [-0.15, -0.1) is 13.2 Å². The number of nitrogens with two attached hydrogens (primary N) is 1. The summed E-state index contributed by atoms with van der Waals surface area (Å²) in [6.45, 7) is 1.67. The van der Waals surface area contributed by atoms with Crippen LogP contribution in [0.4, 0.5) is 18.9 Å². The maximum Gasteiger partial charge on any atom is 0.573 e. The molecule has 100 valence electrons. The third kappa shape index (κ3) is 3.53. The number of alkyl halides is 3. The van der Waals surface area contributed by atoms with Crippen molar-refractivity contribution in [1.29, 1.82) is 0 Å². The molecule has 0 saturated carbocycles. The van der Waals surface area contributed by atoms with Gasteiger partial charge in [-0.2, -0.15) is 0 Å². The molecule has 18 heavy (non-hydrogen) atoms. The van der Waals surface area contributed by atoms with Crippen molar-refractivity contribution < 1.29 is 17.9 Å². The zero-order valence-corrected chi connectivity index (χ0v) is 9.78. The van der Waals surface area contributed by atoms with Gasteiger partial charge in [0.1, 0.15) is 5.75 Å². The van der Waals surface area contributed by atoms with E-state index in [1.807, 2.05) is 0 Å². The summed E-state index contributed by atoms with van der Waals surface area (Å²) in [5, 5.41) is 0. The van der Waals surface area contributed by atoms with Crippen LogP contribution in [0.1, 0.15) is 12.8 Å². The molecule has 1 saturated heterocycles. The van der Waals surface area contributed by atoms with Crippen molar-refractivity contribution in [1.82, 2.24) is 0 Å². The number of hydrogen-bond acceptors (Lipinski definition) is 3. The third-order valence-corrected chi connectivity index (χ3v) is 2.98. The highest BCUT2D eigenvalue weighted by Gasteiger charge is 2.31. The first-order chi connectivity index (χ1) is 8.44. The van der Waals surface area contributed by atoms with Gasteiger partial charge in [0, 0.05) is 24.8 Å². The topological polar surface area (TPSA) is 38.5 Å². The van der Waals surface area contributed by atoms with Crippen LogP contribution in [0.2, 0.25) is 0 Å². The number of anilines is 1. The van der Waals surface area contributed by atoms with E-state index < -0.39 is 6.36 Å². The number of benzene rings is 1. The van der Waals surface area contributed by atoms with Crippen molar-refractivity contribution in [3.63, 3.8) is 0 Å². The Balaban J connectivity index is 1.99. The van der Waals surface area contributed by atoms with E-state index in [1.165, 1.54) is 12.1 Å². The Bertz CT molecular complexity index is 383. The molecule has 2 rings (SSSR count). The summed E-state index contributed by atoms with van der Waals surface area (Å²) in [6, 6.07) is 6.17. The highest BCUT2D eigenvalue weighted by molar-refractivity contribution is 5.49. The van der Waals surface area contributed by atoms with Crippen LogP contribution in [0.3, 0.4) is 0 Å². The summed E-state index contributed by atoms with van der Waals surface area (Å²) in [7, 11) is 0. The standard InChI is InChI=1S/C12H15F3N2O/c13-12(14,15)18-11-3-1-10(2-4-11)17-7-5-9(16)6-8-17/h1-4,9H,5-8,16H2. The van der Waals surface area contributed by atoms with Gasteiger partial charge in [-0.1, -0.05) is 0 Å². The zero-order chi connectivity index (χ0) is 13.2. The minimum Gasteiger partial charge on any atom is -0.406 e. The Morgan fingerprint density at radius 3 is 2.17 bits per heavy atom. The van der Waals surface area contributed by atoms with Gasteiger partial charge in [0.15, 0.2) is 0 Å². The molecule has 0 radical (unpaired) electrons. The highest BCUT2D eigenvalue weighted by Crippen LogP contribution is 2.26. The van der Waals surface area contributed by atoms with Crippen LogP contribution < -0.4 is 15.4 Å². The normalized spacial score (nSPS) is 17.9. The highest BCUT2D eigenvalue weighted by atomic mass is 19.4. The van der Waals surface area contributed by atoms with Gasteiger partial charge < -0.3 is 15.4 Å². The van der Waals surface area contributed by atoms with Crippen molar-refractivity contribution >= 4 is 5.69 Å². The molecule has 1 aromatic carbocycles. The number of hydrogen-bond donors (Lipinski definition) is 1. The predicted molar refractivity (Wildman–Crippen MR) is 62.5 cm³/mol. The van der Waals surface area contributed by atoms with E-state index in [-0.39, 0.29) is 11.8 Å². The van der Waals surface area contributed by atoms with Crippen LogP contribution in [0.15, 0.2) is 24.3 Å². The first kappa shape index (κ1) is 13.0. The van der Waals surface area contributed by atoms with Crippen molar-refractivity contribution in [3.05, 3.63) is 24.3 Å². The Labute approximate surface area is 103 Å². The molecule has 2 N–H and O–H groups in total. The Morgan fingerprint density at radius 2 is 1.67 bits per heavy atom. The van der Waals surface area contributed by atoms with Gasteiger partial charge in [-0.25, -0.2) is 0 Å². The molecule has 0 bridgehead atoms. The molecule has 3 nitrogen and oxygen atoms in total. The molecule has 0 aliphatic carbocycles. The third-order valence-electron chi connectivity index (χ3n) is 2.98. The largest absolute Gasteiger partial charge is 0.573 e. The molecular weight excluding hydrogens is 245 g/mol. The van der Waals surface area contributed by atoms with Crippen LogP contribution >= 0.6 is 0 Å². The molecule has 1 aliphatic heterocycles. The van der Waals surface area contributed by atoms with E-state index in [4.69, 9.17) is 5.73 Å².